The van der Waals surface area contributed by atoms with Gasteiger partial charge in [0.05, 0.1) is 12.4 Å². The Kier molecular flexibility index (Phi) is 3.60. The summed E-state index contributed by atoms with van der Waals surface area (Å²) < 4.78 is 4.65. The lowest BCUT2D eigenvalue weighted by molar-refractivity contribution is 0.0867. The molecule has 1 rings (SSSR count). The summed E-state index contributed by atoms with van der Waals surface area (Å²) in [6.07, 6.45) is 2.69. The molecule has 0 atom stereocenters. The third-order valence-electron chi connectivity index (χ3n) is 1.21. The highest BCUT2D eigenvalue weighted by Crippen LogP contribution is 2.01. The van der Waals surface area contributed by atoms with Gasteiger partial charge in [0.2, 0.25) is 0 Å². The fraction of sp³-hybridized carbons (Fsp3) is 0.286. The predicted molar refractivity (Wildman–Crippen MR) is 46.4 cm³/mol. The Labute approximate surface area is 80.1 Å². The van der Waals surface area contributed by atoms with Crippen LogP contribution >= 0.6 is 11.6 Å². The van der Waals surface area contributed by atoms with Gasteiger partial charge in [0.25, 0.3) is 5.91 Å². The molecule has 0 bridgehead atoms. The van der Waals surface area contributed by atoms with Gasteiger partial charge in [-0.15, -0.1) is 0 Å². The summed E-state index contributed by atoms with van der Waals surface area (Å²) in [6, 6.07) is 0. The number of ether oxygens (including phenoxy) is 1. The van der Waals surface area contributed by atoms with Crippen molar-refractivity contribution in [1.29, 1.82) is 0 Å². The lowest BCUT2D eigenvalue weighted by atomic mass is 10.4. The van der Waals surface area contributed by atoms with Gasteiger partial charge in [-0.25, -0.2) is 4.98 Å². The van der Waals surface area contributed by atoms with Crippen molar-refractivity contribution in [2.45, 2.75) is 0 Å². The Hall–Kier alpha value is -1.20. The highest BCUT2D eigenvalue weighted by atomic mass is 35.5. The van der Waals surface area contributed by atoms with Gasteiger partial charge < -0.3 is 10.1 Å². The van der Waals surface area contributed by atoms with Crippen LogP contribution in [0, 0.1) is 0 Å². The number of methoxy groups -OCH3 is 1. The summed E-state index contributed by atoms with van der Waals surface area (Å²) in [4.78, 5) is 18.7. The van der Waals surface area contributed by atoms with E-state index in [4.69, 9.17) is 11.6 Å². The lowest BCUT2D eigenvalue weighted by Crippen LogP contribution is -2.26. The number of carbonyl (C=O) groups excluding carboxylic acids is 1. The van der Waals surface area contributed by atoms with Gasteiger partial charge in [-0.2, -0.15) is 0 Å². The van der Waals surface area contributed by atoms with Crippen LogP contribution in [-0.2, 0) is 4.74 Å². The van der Waals surface area contributed by atoms with Crippen molar-refractivity contribution in [1.82, 2.24) is 15.3 Å². The van der Waals surface area contributed by atoms with Crippen LogP contribution in [0.25, 0.3) is 0 Å². The van der Waals surface area contributed by atoms with Crippen molar-refractivity contribution in [3.63, 3.8) is 0 Å². The third-order valence-corrected chi connectivity index (χ3v) is 1.40. The molecule has 0 aliphatic heterocycles. The van der Waals surface area contributed by atoms with Gasteiger partial charge in [0.1, 0.15) is 17.6 Å². The summed E-state index contributed by atoms with van der Waals surface area (Å²) in [7, 11) is 1.48. The van der Waals surface area contributed by atoms with Crippen molar-refractivity contribution in [2.24, 2.45) is 0 Å². The molecular weight excluding hydrogens is 194 g/mol. The van der Waals surface area contributed by atoms with E-state index in [-0.39, 0.29) is 23.5 Å². The molecule has 1 aromatic heterocycles. The number of nitrogens with one attached hydrogen (secondary N) is 1. The smallest absolute Gasteiger partial charge is 0.273 e. The first-order chi connectivity index (χ1) is 6.24. The van der Waals surface area contributed by atoms with Gasteiger partial charge in [0, 0.05) is 7.11 Å². The molecule has 0 aliphatic rings. The molecule has 1 amide bonds. The molecule has 0 saturated heterocycles. The van der Waals surface area contributed by atoms with Gasteiger partial charge in [-0.05, 0) is 0 Å². The molecule has 0 saturated carbocycles. The fourth-order valence-corrected chi connectivity index (χ4v) is 0.827. The van der Waals surface area contributed by atoms with E-state index in [0.717, 1.165) is 0 Å². The Bertz CT molecular complexity index is 306. The van der Waals surface area contributed by atoms with Gasteiger partial charge >= 0.3 is 0 Å². The van der Waals surface area contributed by atoms with Crippen LogP contribution in [0.2, 0.25) is 5.15 Å². The van der Waals surface area contributed by atoms with Crippen molar-refractivity contribution in [2.75, 3.05) is 13.8 Å². The summed E-state index contributed by atoms with van der Waals surface area (Å²) in [5, 5.41) is 2.64. The zero-order valence-electron chi connectivity index (χ0n) is 6.95. The minimum absolute atomic E-state index is 0.132. The van der Waals surface area contributed by atoms with Crippen LogP contribution in [0.15, 0.2) is 12.4 Å². The van der Waals surface area contributed by atoms with Gasteiger partial charge in [0.15, 0.2) is 0 Å². The van der Waals surface area contributed by atoms with E-state index in [1.807, 2.05) is 0 Å². The van der Waals surface area contributed by atoms with E-state index in [2.05, 4.69) is 20.0 Å². The number of aromatic nitrogens is 2. The average molecular weight is 202 g/mol. The number of halogens is 1. The first-order valence-corrected chi connectivity index (χ1v) is 3.86. The Morgan fingerprint density at radius 2 is 2.46 bits per heavy atom. The summed E-state index contributed by atoms with van der Waals surface area (Å²) >= 11 is 5.54. The monoisotopic (exact) mass is 201 g/mol. The number of amides is 1. The maximum atomic E-state index is 11.2. The molecule has 0 unspecified atom stereocenters. The van der Waals surface area contributed by atoms with E-state index >= 15 is 0 Å². The third kappa shape index (κ3) is 2.96. The van der Waals surface area contributed by atoms with Crippen molar-refractivity contribution < 1.29 is 9.53 Å². The van der Waals surface area contributed by atoms with Crippen LogP contribution in [0.1, 0.15) is 10.5 Å². The highest BCUT2D eigenvalue weighted by molar-refractivity contribution is 6.29. The molecule has 1 aromatic rings. The molecule has 0 radical (unpaired) electrons. The number of carbonyl (C=O) groups is 1. The first kappa shape index (κ1) is 9.88. The fourth-order valence-electron chi connectivity index (χ4n) is 0.680. The molecule has 5 nitrogen and oxygen atoms in total. The quantitative estimate of drug-likeness (QED) is 0.722. The minimum Gasteiger partial charge on any atom is -0.364 e. The van der Waals surface area contributed by atoms with Crippen LogP contribution in [0.5, 0.6) is 0 Å². The largest absolute Gasteiger partial charge is 0.364 e. The van der Waals surface area contributed by atoms with Crippen molar-refractivity contribution in [3.8, 4) is 0 Å². The zero-order chi connectivity index (χ0) is 9.68. The molecule has 13 heavy (non-hydrogen) atoms. The number of rotatable bonds is 3. The zero-order valence-corrected chi connectivity index (χ0v) is 7.71. The SMILES string of the molecule is COCNC(=O)c1cncc(Cl)n1. The number of hydrogen-bond donors (Lipinski definition) is 1. The molecule has 0 spiro atoms. The number of hydrogen-bond acceptors (Lipinski definition) is 4. The van der Waals surface area contributed by atoms with Crippen molar-refractivity contribution >= 4 is 17.5 Å². The second-order valence-corrected chi connectivity index (χ2v) is 2.55. The van der Waals surface area contributed by atoms with Crippen LogP contribution in [0.4, 0.5) is 0 Å². The van der Waals surface area contributed by atoms with E-state index in [0.29, 0.717) is 0 Å². The Morgan fingerprint density at radius 1 is 1.69 bits per heavy atom. The average Bonchev–Trinajstić information content (AvgIpc) is 2.14. The van der Waals surface area contributed by atoms with Gasteiger partial charge in [-0.1, -0.05) is 11.6 Å². The van der Waals surface area contributed by atoms with E-state index in [1.54, 1.807) is 0 Å². The molecule has 1 N–H and O–H groups in total. The Morgan fingerprint density at radius 3 is 3.08 bits per heavy atom. The molecule has 0 fully saturated rings. The molecule has 6 heteroatoms. The summed E-state index contributed by atoms with van der Waals surface area (Å²) in [5.41, 5.74) is 0.171. The molecule has 1 heterocycles. The van der Waals surface area contributed by atoms with Crippen LogP contribution in [-0.4, -0.2) is 29.7 Å². The van der Waals surface area contributed by atoms with Crippen LogP contribution in [0.3, 0.4) is 0 Å². The van der Waals surface area contributed by atoms with Crippen molar-refractivity contribution in [3.05, 3.63) is 23.2 Å². The first-order valence-electron chi connectivity index (χ1n) is 3.48. The van der Waals surface area contributed by atoms with Gasteiger partial charge in [-0.3, -0.25) is 9.78 Å². The highest BCUT2D eigenvalue weighted by Gasteiger charge is 2.06. The minimum atomic E-state index is -0.364. The number of nitrogens with zero attached hydrogens (tertiary/aromatic N) is 2. The lowest BCUT2D eigenvalue weighted by Gasteiger charge is -2.01. The molecule has 70 valence electrons. The predicted octanol–water partition coefficient (Wildman–Crippen LogP) is 0.464. The summed E-state index contributed by atoms with van der Waals surface area (Å²) in [5.74, 6) is -0.364. The molecule has 0 aromatic carbocycles. The van der Waals surface area contributed by atoms with Crippen LogP contribution < -0.4 is 5.32 Å². The van der Waals surface area contributed by atoms with E-state index < -0.39 is 0 Å². The molecule has 0 aliphatic carbocycles. The Balaban J connectivity index is 2.66. The topological polar surface area (TPSA) is 64.1 Å². The maximum Gasteiger partial charge on any atom is 0.273 e. The van der Waals surface area contributed by atoms with E-state index in [1.165, 1.54) is 19.5 Å². The second kappa shape index (κ2) is 4.74. The normalized spacial score (nSPS) is 9.69. The molecular formula is C7H8ClN3O2. The summed E-state index contributed by atoms with van der Waals surface area (Å²) in [6.45, 7) is 0.132. The van der Waals surface area contributed by atoms with E-state index in [9.17, 15) is 4.79 Å². The maximum absolute atomic E-state index is 11.2. The second-order valence-electron chi connectivity index (χ2n) is 2.17. The standard InChI is InChI=1S/C7H8ClN3O2/c1-13-4-10-7(12)5-2-9-3-6(8)11-5/h2-3H,4H2,1H3,(H,10,12).